The van der Waals surface area contributed by atoms with Crippen LogP contribution in [0.25, 0.3) is 0 Å². The van der Waals surface area contributed by atoms with Gasteiger partial charge in [-0.2, -0.15) is 13.2 Å². The molecular formula is C19H16BrF4N3O3. The number of halogens is 5. The molecule has 1 aromatic carbocycles. The quantitative estimate of drug-likeness (QED) is 0.601. The molecule has 2 amide bonds. The molecular weight excluding hydrogens is 474 g/mol. The predicted molar refractivity (Wildman–Crippen MR) is 103 cm³/mol. The van der Waals surface area contributed by atoms with E-state index in [4.69, 9.17) is 4.74 Å². The molecule has 6 nitrogen and oxygen atoms in total. The summed E-state index contributed by atoms with van der Waals surface area (Å²) in [4.78, 5) is 28.2. The molecule has 0 bridgehead atoms. The Bertz CT molecular complexity index is 993. The van der Waals surface area contributed by atoms with E-state index in [0.29, 0.717) is 10.2 Å². The minimum absolute atomic E-state index is 0.0837. The Kier molecular flexibility index (Phi) is 6.02. The number of pyridine rings is 1. The fourth-order valence-corrected chi connectivity index (χ4v) is 3.24. The molecule has 2 aromatic rings. The van der Waals surface area contributed by atoms with Gasteiger partial charge in [-0.15, -0.1) is 0 Å². The van der Waals surface area contributed by atoms with Crippen LogP contribution in [0.2, 0.25) is 0 Å². The number of hydrogen-bond donors (Lipinski definition) is 2. The van der Waals surface area contributed by atoms with E-state index >= 15 is 0 Å². The zero-order chi connectivity index (χ0) is 22.1. The summed E-state index contributed by atoms with van der Waals surface area (Å²) < 4.78 is 58.6. The van der Waals surface area contributed by atoms with Crippen molar-refractivity contribution in [2.75, 3.05) is 12.4 Å². The van der Waals surface area contributed by atoms with Gasteiger partial charge in [-0.25, -0.2) is 4.39 Å². The number of amides is 2. The van der Waals surface area contributed by atoms with Crippen molar-refractivity contribution in [2.24, 2.45) is 0 Å². The van der Waals surface area contributed by atoms with Crippen molar-refractivity contribution in [3.05, 3.63) is 52.0 Å². The molecule has 3 rings (SSSR count). The first-order valence-electron chi connectivity index (χ1n) is 8.72. The smallest absolute Gasteiger partial charge is 0.411 e. The monoisotopic (exact) mass is 489 g/mol. The topological polar surface area (TPSA) is 80.3 Å². The molecule has 0 radical (unpaired) electrons. The minimum Gasteiger partial charge on any atom is -0.496 e. The maximum Gasteiger partial charge on any atom is 0.411 e. The van der Waals surface area contributed by atoms with Crippen LogP contribution in [0.5, 0.6) is 5.75 Å². The molecule has 0 atom stereocenters. The Morgan fingerprint density at radius 3 is 2.57 bits per heavy atom. The van der Waals surface area contributed by atoms with Gasteiger partial charge in [0.1, 0.15) is 22.8 Å². The summed E-state index contributed by atoms with van der Waals surface area (Å²) in [5.74, 6) is -1.86. The number of nitrogens with zero attached hydrogens (tertiary/aromatic N) is 1. The summed E-state index contributed by atoms with van der Waals surface area (Å²) in [5, 5.41) is 4.44. The van der Waals surface area contributed by atoms with Crippen LogP contribution in [0.4, 0.5) is 23.2 Å². The van der Waals surface area contributed by atoms with Crippen molar-refractivity contribution in [3.63, 3.8) is 0 Å². The van der Waals surface area contributed by atoms with Gasteiger partial charge >= 0.3 is 6.18 Å². The Balaban J connectivity index is 1.68. The Labute approximate surface area is 177 Å². The van der Waals surface area contributed by atoms with Crippen molar-refractivity contribution in [3.8, 4) is 5.75 Å². The summed E-state index contributed by atoms with van der Waals surface area (Å²) in [6.45, 7) is 0. The van der Waals surface area contributed by atoms with Crippen molar-refractivity contribution in [1.82, 2.24) is 10.3 Å². The third-order valence-electron chi connectivity index (χ3n) is 4.59. The second-order valence-corrected chi connectivity index (χ2v) is 7.62. The van der Waals surface area contributed by atoms with Crippen molar-refractivity contribution in [2.45, 2.75) is 31.0 Å². The molecule has 0 spiro atoms. The van der Waals surface area contributed by atoms with Gasteiger partial charge in [0.15, 0.2) is 0 Å². The lowest BCUT2D eigenvalue weighted by Gasteiger charge is -2.20. The van der Waals surface area contributed by atoms with E-state index in [1.165, 1.54) is 31.5 Å². The fraction of sp³-hybridized carbons (Fsp3) is 0.316. The summed E-state index contributed by atoms with van der Waals surface area (Å²) in [6.07, 6.45) is -4.08. The third kappa shape index (κ3) is 4.72. The predicted octanol–water partition coefficient (Wildman–Crippen LogP) is 4.00. The molecule has 160 valence electrons. The number of benzene rings is 1. The molecule has 1 heterocycles. The van der Waals surface area contributed by atoms with Gasteiger partial charge < -0.3 is 15.4 Å². The maximum atomic E-state index is 14.1. The SMILES string of the molecule is COc1cc(CC(=O)Nc2ccnc(C(=O)NC3(C(F)(F)F)CC3)c2)c(F)cc1Br. The molecule has 30 heavy (non-hydrogen) atoms. The first-order chi connectivity index (χ1) is 14.0. The van der Waals surface area contributed by atoms with Crippen LogP contribution in [0.15, 0.2) is 34.9 Å². The molecule has 1 aliphatic rings. The average molecular weight is 490 g/mol. The van der Waals surface area contributed by atoms with Crippen LogP contribution in [0, 0.1) is 5.82 Å². The number of carbonyl (C=O) groups excluding carboxylic acids is 2. The molecule has 2 N–H and O–H groups in total. The number of alkyl halides is 3. The summed E-state index contributed by atoms with van der Waals surface area (Å²) in [5.41, 5.74) is -2.27. The van der Waals surface area contributed by atoms with E-state index in [1.807, 2.05) is 5.32 Å². The zero-order valence-electron chi connectivity index (χ0n) is 15.6. The second kappa shape index (κ2) is 8.21. The van der Waals surface area contributed by atoms with Gasteiger partial charge in [-0.3, -0.25) is 14.6 Å². The van der Waals surface area contributed by atoms with Crippen molar-refractivity contribution >= 4 is 33.4 Å². The number of aromatic nitrogens is 1. The highest BCUT2D eigenvalue weighted by atomic mass is 79.9. The minimum atomic E-state index is -4.55. The Hall–Kier alpha value is -2.69. The molecule has 1 fully saturated rings. The Morgan fingerprint density at radius 1 is 1.27 bits per heavy atom. The van der Waals surface area contributed by atoms with E-state index in [-0.39, 0.29) is 36.2 Å². The molecule has 1 aliphatic carbocycles. The van der Waals surface area contributed by atoms with Gasteiger partial charge in [0.25, 0.3) is 5.91 Å². The van der Waals surface area contributed by atoms with Gasteiger partial charge in [0, 0.05) is 17.4 Å². The van der Waals surface area contributed by atoms with E-state index in [9.17, 15) is 27.2 Å². The second-order valence-electron chi connectivity index (χ2n) is 6.77. The van der Waals surface area contributed by atoms with Crippen LogP contribution in [0.1, 0.15) is 28.9 Å². The number of carbonyl (C=O) groups is 2. The zero-order valence-corrected chi connectivity index (χ0v) is 17.2. The third-order valence-corrected chi connectivity index (χ3v) is 5.21. The lowest BCUT2D eigenvalue weighted by Crippen LogP contribution is -2.48. The molecule has 0 saturated heterocycles. The van der Waals surface area contributed by atoms with E-state index in [1.54, 1.807) is 0 Å². The van der Waals surface area contributed by atoms with Crippen LogP contribution in [-0.4, -0.2) is 35.6 Å². The Morgan fingerprint density at radius 2 is 1.97 bits per heavy atom. The lowest BCUT2D eigenvalue weighted by molar-refractivity contribution is -0.163. The average Bonchev–Trinajstić information content (AvgIpc) is 3.45. The largest absolute Gasteiger partial charge is 0.496 e. The van der Waals surface area contributed by atoms with Crippen LogP contribution >= 0.6 is 15.9 Å². The van der Waals surface area contributed by atoms with E-state index in [0.717, 1.165) is 6.07 Å². The number of nitrogens with one attached hydrogen (secondary N) is 2. The molecule has 11 heteroatoms. The summed E-state index contributed by atoms with van der Waals surface area (Å²) >= 11 is 3.14. The molecule has 0 unspecified atom stereocenters. The van der Waals surface area contributed by atoms with E-state index in [2.05, 4.69) is 26.2 Å². The number of rotatable bonds is 6. The first-order valence-corrected chi connectivity index (χ1v) is 9.51. The van der Waals surface area contributed by atoms with E-state index < -0.39 is 29.3 Å². The molecule has 0 aliphatic heterocycles. The van der Waals surface area contributed by atoms with Gasteiger partial charge in [-0.1, -0.05) is 0 Å². The van der Waals surface area contributed by atoms with Crippen LogP contribution in [0.3, 0.4) is 0 Å². The normalized spacial score (nSPS) is 14.7. The summed E-state index contributed by atoms with van der Waals surface area (Å²) in [6, 6.07) is 5.06. The summed E-state index contributed by atoms with van der Waals surface area (Å²) in [7, 11) is 1.40. The highest BCUT2D eigenvalue weighted by Crippen LogP contribution is 2.49. The first kappa shape index (κ1) is 22.0. The van der Waals surface area contributed by atoms with Crippen molar-refractivity contribution < 1.29 is 31.9 Å². The van der Waals surface area contributed by atoms with Gasteiger partial charge in [-0.05, 0) is 53.0 Å². The van der Waals surface area contributed by atoms with Gasteiger partial charge in [0.2, 0.25) is 5.91 Å². The standard InChI is InChI=1S/C19H16BrF4N3O3/c1-30-15-6-10(13(21)9-12(15)20)7-16(28)26-11-2-5-25-14(8-11)17(29)27-18(3-4-18)19(22,23)24/h2,5-6,8-9H,3-4,7H2,1H3,(H,27,29)(H,25,26,28). The van der Waals surface area contributed by atoms with Crippen molar-refractivity contribution in [1.29, 1.82) is 0 Å². The highest BCUT2D eigenvalue weighted by molar-refractivity contribution is 9.10. The number of ether oxygens (including phenoxy) is 1. The fourth-order valence-electron chi connectivity index (χ4n) is 2.76. The van der Waals surface area contributed by atoms with Crippen LogP contribution in [-0.2, 0) is 11.2 Å². The highest BCUT2D eigenvalue weighted by Gasteiger charge is 2.64. The van der Waals surface area contributed by atoms with Crippen LogP contribution < -0.4 is 15.4 Å². The number of hydrogen-bond acceptors (Lipinski definition) is 4. The number of anilines is 1. The maximum absolute atomic E-state index is 14.1. The molecule has 1 aromatic heterocycles. The van der Waals surface area contributed by atoms with Gasteiger partial charge in [0.05, 0.1) is 18.0 Å². The lowest BCUT2D eigenvalue weighted by atomic mass is 10.1. The number of methoxy groups -OCH3 is 1. The molecule has 1 saturated carbocycles.